The van der Waals surface area contributed by atoms with Crippen molar-refractivity contribution in [2.75, 3.05) is 20.8 Å². The Labute approximate surface area is 170 Å². The van der Waals surface area contributed by atoms with Gasteiger partial charge in [0.1, 0.15) is 17.1 Å². The van der Waals surface area contributed by atoms with Crippen LogP contribution in [0.15, 0.2) is 45.6 Å². The molecule has 29 heavy (non-hydrogen) atoms. The Morgan fingerprint density at radius 3 is 2.62 bits per heavy atom. The fraction of sp³-hybridized carbons (Fsp3) is 0.375. The Balaban J connectivity index is 1.73. The van der Waals surface area contributed by atoms with Gasteiger partial charge in [-0.25, -0.2) is 4.79 Å². The minimum Gasteiger partial charge on any atom is -0.497 e. The van der Waals surface area contributed by atoms with Gasteiger partial charge in [0, 0.05) is 29.6 Å². The zero-order valence-electron chi connectivity index (χ0n) is 17.5. The van der Waals surface area contributed by atoms with Crippen molar-refractivity contribution in [3.8, 4) is 11.5 Å². The molecule has 0 unspecified atom stereocenters. The molecule has 0 radical (unpaired) electrons. The molecule has 1 aromatic heterocycles. The number of hydrogen-bond donors (Lipinski definition) is 0. The zero-order chi connectivity index (χ0) is 20.5. The largest absolute Gasteiger partial charge is 0.497 e. The summed E-state index contributed by atoms with van der Waals surface area (Å²) in [6.07, 6.45) is 2.14. The smallest absolute Gasteiger partial charge is 0.336 e. The molecule has 2 heterocycles. The monoisotopic (exact) mass is 393 g/mol. The first-order valence-corrected chi connectivity index (χ1v) is 10.00. The maximum absolute atomic E-state index is 12.2. The second kappa shape index (κ2) is 7.91. The summed E-state index contributed by atoms with van der Waals surface area (Å²) in [5.41, 5.74) is 4.81. The van der Waals surface area contributed by atoms with Crippen LogP contribution in [0.25, 0.3) is 11.0 Å². The third kappa shape index (κ3) is 3.75. The molecular weight excluding hydrogens is 366 g/mol. The Hall–Kier alpha value is -2.79. The van der Waals surface area contributed by atoms with Crippen molar-refractivity contribution >= 4 is 11.0 Å². The average Bonchev–Trinajstić information content (AvgIpc) is 3.17. The van der Waals surface area contributed by atoms with Crippen molar-refractivity contribution < 1.29 is 13.9 Å². The third-order valence-electron chi connectivity index (χ3n) is 5.98. The summed E-state index contributed by atoms with van der Waals surface area (Å²) < 4.78 is 16.5. The van der Waals surface area contributed by atoms with Crippen molar-refractivity contribution in [2.24, 2.45) is 0 Å². The molecule has 5 heteroatoms. The molecule has 1 aliphatic heterocycles. The average molecular weight is 393 g/mol. The van der Waals surface area contributed by atoms with Crippen molar-refractivity contribution in [3.05, 3.63) is 69.1 Å². The summed E-state index contributed by atoms with van der Waals surface area (Å²) in [6.45, 7) is 5.78. The quantitative estimate of drug-likeness (QED) is 0.585. The van der Waals surface area contributed by atoms with E-state index in [1.165, 1.54) is 5.56 Å². The minimum atomic E-state index is -0.300. The highest BCUT2D eigenvalue weighted by molar-refractivity contribution is 5.81. The fourth-order valence-electron chi connectivity index (χ4n) is 4.30. The molecule has 152 valence electrons. The Morgan fingerprint density at radius 2 is 1.86 bits per heavy atom. The molecule has 1 atom stereocenters. The van der Waals surface area contributed by atoms with E-state index in [0.29, 0.717) is 12.1 Å². The van der Waals surface area contributed by atoms with Crippen molar-refractivity contribution in [1.29, 1.82) is 0 Å². The molecule has 0 aliphatic carbocycles. The van der Waals surface area contributed by atoms with Gasteiger partial charge < -0.3 is 13.9 Å². The number of aryl methyl sites for hydroxylation is 2. The molecule has 4 rings (SSSR count). The second-order valence-corrected chi connectivity index (χ2v) is 7.76. The van der Waals surface area contributed by atoms with E-state index in [4.69, 9.17) is 13.9 Å². The van der Waals surface area contributed by atoms with Gasteiger partial charge in [-0.05, 0) is 80.3 Å². The van der Waals surface area contributed by atoms with E-state index in [0.717, 1.165) is 53.0 Å². The topological polar surface area (TPSA) is 51.9 Å². The molecule has 3 aromatic rings. The highest BCUT2D eigenvalue weighted by atomic mass is 16.5. The number of nitrogens with zero attached hydrogens (tertiary/aromatic N) is 1. The number of likely N-dealkylation sites (tertiary alicyclic amines) is 1. The van der Waals surface area contributed by atoms with Crippen LogP contribution in [0.4, 0.5) is 0 Å². The number of rotatable bonds is 5. The van der Waals surface area contributed by atoms with E-state index in [1.807, 2.05) is 25.1 Å². The van der Waals surface area contributed by atoms with Crippen molar-refractivity contribution in [1.82, 2.24) is 4.90 Å². The fourth-order valence-corrected chi connectivity index (χ4v) is 4.30. The first-order chi connectivity index (χ1) is 14.0. The van der Waals surface area contributed by atoms with Crippen molar-refractivity contribution in [2.45, 2.75) is 39.3 Å². The van der Waals surface area contributed by atoms with Crippen molar-refractivity contribution in [3.63, 3.8) is 0 Å². The Bertz CT molecular complexity index is 1100. The summed E-state index contributed by atoms with van der Waals surface area (Å²) in [5.74, 6) is 1.69. The molecule has 1 fully saturated rings. The summed E-state index contributed by atoms with van der Waals surface area (Å²) >= 11 is 0. The van der Waals surface area contributed by atoms with Crippen LogP contribution >= 0.6 is 0 Å². The van der Waals surface area contributed by atoms with Crippen LogP contribution in [0, 0.1) is 13.8 Å². The van der Waals surface area contributed by atoms with Gasteiger partial charge in [-0.1, -0.05) is 0 Å². The van der Waals surface area contributed by atoms with Gasteiger partial charge in [-0.2, -0.15) is 0 Å². The number of benzene rings is 2. The highest BCUT2D eigenvalue weighted by Gasteiger charge is 2.29. The lowest BCUT2D eigenvalue weighted by Crippen LogP contribution is -2.24. The summed E-state index contributed by atoms with van der Waals surface area (Å²) in [5, 5.41) is 1.01. The Morgan fingerprint density at radius 1 is 1.07 bits per heavy atom. The van der Waals surface area contributed by atoms with Crippen LogP contribution in [0.5, 0.6) is 11.5 Å². The lowest BCUT2D eigenvalue weighted by Gasteiger charge is -2.27. The third-order valence-corrected chi connectivity index (χ3v) is 5.98. The minimum absolute atomic E-state index is 0.217. The van der Waals surface area contributed by atoms with Crippen LogP contribution in [-0.4, -0.2) is 25.7 Å². The first-order valence-electron chi connectivity index (χ1n) is 10.00. The van der Waals surface area contributed by atoms with Crippen LogP contribution in [0.2, 0.25) is 0 Å². The van der Waals surface area contributed by atoms with Gasteiger partial charge in [-0.15, -0.1) is 0 Å². The molecule has 0 saturated carbocycles. The SMILES string of the molecule is COc1ccc(OC)c([C@@H]2CCCN2Cc2cc(=O)oc3cc(C)c(C)cc23)c1. The lowest BCUT2D eigenvalue weighted by atomic mass is 10.0. The van der Waals surface area contributed by atoms with Gasteiger partial charge in [0.15, 0.2) is 0 Å². The second-order valence-electron chi connectivity index (χ2n) is 7.76. The highest BCUT2D eigenvalue weighted by Crippen LogP contribution is 2.40. The van der Waals surface area contributed by atoms with Crippen LogP contribution in [-0.2, 0) is 6.54 Å². The molecule has 0 N–H and O–H groups in total. The molecular formula is C24H27NO4. The van der Waals surface area contributed by atoms with E-state index in [9.17, 15) is 4.79 Å². The maximum Gasteiger partial charge on any atom is 0.336 e. The van der Waals surface area contributed by atoms with Crippen LogP contribution in [0.3, 0.4) is 0 Å². The Kier molecular flexibility index (Phi) is 5.33. The predicted octanol–water partition coefficient (Wildman–Crippen LogP) is 4.76. The number of ether oxygens (including phenoxy) is 2. The summed E-state index contributed by atoms with van der Waals surface area (Å²) in [7, 11) is 3.38. The normalized spacial score (nSPS) is 17.0. The zero-order valence-corrected chi connectivity index (χ0v) is 17.5. The van der Waals surface area contributed by atoms with Gasteiger partial charge in [-0.3, -0.25) is 4.90 Å². The van der Waals surface area contributed by atoms with E-state index in [1.54, 1.807) is 20.3 Å². The van der Waals surface area contributed by atoms with E-state index >= 15 is 0 Å². The maximum atomic E-state index is 12.2. The summed E-state index contributed by atoms with van der Waals surface area (Å²) in [6, 6.07) is 11.9. The van der Waals surface area contributed by atoms with Crippen LogP contribution in [0.1, 0.15) is 41.1 Å². The van der Waals surface area contributed by atoms with Gasteiger partial charge in [0.05, 0.1) is 14.2 Å². The van der Waals surface area contributed by atoms with Gasteiger partial charge >= 0.3 is 5.63 Å². The molecule has 0 amide bonds. The first kappa shape index (κ1) is 19.5. The molecule has 5 nitrogen and oxygen atoms in total. The summed E-state index contributed by atoms with van der Waals surface area (Å²) in [4.78, 5) is 14.6. The molecule has 2 aromatic carbocycles. The molecule has 0 bridgehead atoms. The molecule has 1 aliphatic rings. The lowest BCUT2D eigenvalue weighted by molar-refractivity contribution is 0.243. The van der Waals surface area contributed by atoms with Gasteiger partial charge in [0.2, 0.25) is 0 Å². The molecule has 0 spiro atoms. The number of methoxy groups -OCH3 is 2. The van der Waals surface area contributed by atoms with Gasteiger partial charge in [0.25, 0.3) is 0 Å². The van der Waals surface area contributed by atoms with E-state index < -0.39 is 0 Å². The molecule has 1 saturated heterocycles. The number of fused-ring (bicyclic) bond motifs is 1. The van der Waals surface area contributed by atoms with Crippen LogP contribution < -0.4 is 15.1 Å². The number of hydrogen-bond acceptors (Lipinski definition) is 5. The van der Waals surface area contributed by atoms with E-state index in [2.05, 4.69) is 24.0 Å². The van der Waals surface area contributed by atoms with E-state index in [-0.39, 0.29) is 11.7 Å². The predicted molar refractivity (Wildman–Crippen MR) is 114 cm³/mol. The standard InChI is InChI=1S/C24H27NO4/c1-15-10-19-17(12-24(26)29-23(19)11-16(15)2)14-25-9-5-6-21(25)20-13-18(27-3)7-8-22(20)28-4/h7-8,10-13,21H,5-6,9,14H2,1-4H3/t21-/m0/s1.